The van der Waals surface area contributed by atoms with Gasteiger partial charge in [-0.15, -0.1) is 0 Å². The van der Waals surface area contributed by atoms with Crippen molar-refractivity contribution in [2.45, 2.75) is 46.6 Å². The molecule has 0 saturated carbocycles. The zero-order valence-electron chi connectivity index (χ0n) is 14.2. The summed E-state index contributed by atoms with van der Waals surface area (Å²) in [7, 11) is 0. The Bertz CT molecular complexity index is 684. The van der Waals surface area contributed by atoms with Crippen molar-refractivity contribution in [2.24, 2.45) is 5.92 Å². The van der Waals surface area contributed by atoms with Crippen LogP contribution >= 0.6 is 0 Å². The molecule has 2 aromatic rings. The van der Waals surface area contributed by atoms with Crippen molar-refractivity contribution in [3.05, 3.63) is 35.5 Å². The van der Waals surface area contributed by atoms with Crippen LogP contribution in [0.4, 0.5) is 0 Å². The lowest BCUT2D eigenvalue weighted by molar-refractivity contribution is -0.135. The molecule has 1 amide bonds. The first-order valence-corrected chi connectivity index (χ1v) is 8.18. The van der Waals surface area contributed by atoms with Gasteiger partial charge in [-0.1, -0.05) is 25.1 Å². The lowest BCUT2D eigenvalue weighted by Gasteiger charge is -2.26. The average Bonchev–Trinajstić information content (AvgIpc) is 3.14. The number of nitrogens with zero attached hydrogens (tertiary/aromatic N) is 3. The van der Waals surface area contributed by atoms with Gasteiger partial charge < -0.3 is 9.42 Å². The zero-order chi connectivity index (χ0) is 16.6. The molecule has 1 fully saturated rings. The second-order valence-electron chi connectivity index (χ2n) is 6.52. The summed E-state index contributed by atoms with van der Waals surface area (Å²) in [5.74, 6) is 1.04. The quantitative estimate of drug-likeness (QED) is 0.867. The molecular formula is C18H23N3O2. The molecule has 122 valence electrons. The van der Waals surface area contributed by atoms with E-state index >= 15 is 0 Å². The van der Waals surface area contributed by atoms with Crippen LogP contribution in [0, 0.1) is 19.8 Å². The molecule has 2 aromatic heterocycles. The van der Waals surface area contributed by atoms with Crippen molar-refractivity contribution in [3.63, 3.8) is 0 Å². The highest BCUT2D eigenvalue weighted by Gasteiger charge is 2.31. The van der Waals surface area contributed by atoms with Crippen LogP contribution in [0.5, 0.6) is 0 Å². The molecule has 3 heterocycles. The standard InChI is InChI=1S/C18H23N3O2/c1-11(2)18(22)21-9-5-6-16(21)15-8-7-14(10-19-15)17-12(3)20-23-13(17)4/h7-8,10-11,16H,5-6,9H2,1-4H3/t16-/m0/s1. The van der Waals surface area contributed by atoms with Crippen LogP contribution in [0.25, 0.3) is 11.1 Å². The molecule has 3 rings (SSSR count). The van der Waals surface area contributed by atoms with Crippen LogP contribution < -0.4 is 0 Å². The van der Waals surface area contributed by atoms with Gasteiger partial charge in [-0.25, -0.2) is 0 Å². The molecule has 23 heavy (non-hydrogen) atoms. The summed E-state index contributed by atoms with van der Waals surface area (Å²) in [4.78, 5) is 19.0. The fourth-order valence-corrected chi connectivity index (χ4v) is 3.32. The number of amides is 1. The molecule has 5 heteroatoms. The van der Waals surface area contributed by atoms with E-state index in [1.807, 2.05) is 50.9 Å². The third-order valence-electron chi connectivity index (χ3n) is 4.48. The Morgan fingerprint density at radius 3 is 2.70 bits per heavy atom. The van der Waals surface area contributed by atoms with Crippen LogP contribution in [0.1, 0.15) is 49.9 Å². The van der Waals surface area contributed by atoms with E-state index in [-0.39, 0.29) is 17.9 Å². The maximum atomic E-state index is 12.3. The van der Waals surface area contributed by atoms with Gasteiger partial charge in [0.1, 0.15) is 5.76 Å². The van der Waals surface area contributed by atoms with Crippen LogP contribution in [-0.2, 0) is 4.79 Å². The SMILES string of the molecule is Cc1noc(C)c1-c1ccc([C@@H]2CCCN2C(=O)C(C)C)nc1. The molecule has 0 radical (unpaired) electrons. The van der Waals surface area contributed by atoms with Crippen molar-refractivity contribution in [3.8, 4) is 11.1 Å². The van der Waals surface area contributed by atoms with E-state index in [9.17, 15) is 4.79 Å². The van der Waals surface area contributed by atoms with Crippen molar-refractivity contribution < 1.29 is 9.32 Å². The molecule has 0 N–H and O–H groups in total. The number of hydrogen-bond donors (Lipinski definition) is 0. The Kier molecular flexibility index (Phi) is 4.20. The minimum absolute atomic E-state index is 0.0252. The molecule has 0 unspecified atom stereocenters. The van der Waals surface area contributed by atoms with Crippen LogP contribution in [-0.4, -0.2) is 27.5 Å². The first kappa shape index (κ1) is 15.7. The van der Waals surface area contributed by atoms with E-state index in [1.165, 1.54) is 0 Å². The molecule has 1 aliphatic rings. The summed E-state index contributed by atoms with van der Waals surface area (Å²) < 4.78 is 5.22. The van der Waals surface area contributed by atoms with E-state index in [0.29, 0.717) is 0 Å². The summed E-state index contributed by atoms with van der Waals surface area (Å²) >= 11 is 0. The highest BCUT2D eigenvalue weighted by molar-refractivity contribution is 5.79. The van der Waals surface area contributed by atoms with Crippen LogP contribution in [0.3, 0.4) is 0 Å². The molecular weight excluding hydrogens is 290 g/mol. The summed E-state index contributed by atoms with van der Waals surface area (Å²) in [6, 6.07) is 4.17. The summed E-state index contributed by atoms with van der Waals surface area (Å²) in [6.45, 7) is 8.56. The predicted octanol–water partition coefficient (Wildman–Crippen LogP) is 3.67. The first-order valence-electron chi connectivity index (χ1n) is 8.18. The number of rotatable bonds is 3. The molecule has 1 saturated heterocycles. The minimum atomic E-state index is 0.0252. The van der Waals surface area contributed by atoms with E-state index in [0.717, 1.165) is 47.7 Å². The predicted molar refractivity (Wildman–Crippen MR) is 87.7 cm³/mol. The number of aromatic nitrogens is 2. The number of hydrogen-bond acceptors (Lipinski definition) is 4. The van der Waals surface area contributed by atoms with Gasteiger partial charge in [0.25, 0.3) is 0 Å². The van der Waals surface area contributed by atoms with Gasteiger partial charge in [-0.3, -0.25) is 9.78 Å². The lowest BCUT2D eigenvalue weighted by Crippen LogP contribution is -2.34. The average molecular weight is 313 g/mol. The fourth-order valence-electron chi connectivity index (χ4n) is 3.32. The topological polar surface area (TPSA) is 59.2 Å². The van der Waals surface area contributed by atoms with E-state index in [4.69, 9.17) is 4.52 Å². The smallest absolute Gasteiger partial charge is 0.225 e. The molecule has 0 bridgehead atoms. The van der Waals surface area contributed by atoms with Gasteiger partial charge in [0, 0.05) is 29.8 Å². The van der Waals surface area contributed by atoms with Gasteiger partial charge in [-0.05, 0) is 32.8 Å². The third kappa shape index (κ3) is 2.87. The number of aryl methyl sites for hydroxylation is 2. The fraction of sp³-hybridized carbons (Fsp3) is 0.500. The Labute approximate surface area is 136 Å². The minimum Gasteiger partial charge on any atom is -0.361 e. The monoisotopic (exact) mass is 313 g/mol. The largest absolute Gasteiger partial charge is 0.361 e. The molecule has 1 atom stereocenters. The maximum Gasteiger partial charge on any atom is 0.225 e. The Morgan fingerprint density at radius 1 is 1.35 bits per heavy atom. The molecule has 0 aromatic carbocycles. The molecule has 0 spiro atoms. The van der Waals surface area contributed by atoms with Gasteiger partial charge in [0.2, 0.25) is 5.91 Å². The summed E-state index contributed by atoms with van der Waals surface area (Å²) in [5.41, 5.74) is 3.84. The highest BCUT2D eigenvalue weighted by Crippen LogP contribution is 2.33. The number of likely N-dealkylation sites (tertiary alicyclic amines) is 1. The zero-order valence-corrected chi connectivity index (χ0v) is 14.2. The van der Waals surface area contributed by atoms with Gasteiger partial charge in [0.15, 0.2) is 0 Å². The number of pyridine rings is 1. The van der Waals surface area contributed by atoms with E-state index in [2.05, 4.69) is 10.1 Å². The maximum absolute atomic E-state index is 12.3. The molecule has 0 aliphatic carbocycles. The van der Waals surface area contributed by atoms with E-state index < -0.39 is 0 Å². The van der Waals surface area contributed by atoms with Crippen molar-refractivity contribution in [1.29, 1.82) is 0 Å². The first-order chi connectivity index (χ1) is 11.0. The van der Waals surface area contributed by atoms with E-state index in [1.54, 1.807) is 0 Å². The van der Waals surface area contributed by atoms with Gasteiger partial charge in [0.05, 0.1) is 17.4 Å². The normalized spacial score (nSPS) is 18.0. The van der Waals surface area contributed by atoms with Crippen molar-refractivity contribution in [1.82, 2.24) is 15.0 Å². The van der Waals surface area contributed by atoms with Crippen molar-refractivity contribution in [2.75, 3.05) is 6.54 Å². The second kappa shape index (κ2) is 6.14. The lowest BCUT2D eigenvalue weighted by atomic mass is 10.0. The van der Waals surface area contributed by atoms with Gasteiger partial charge >= 0.3 is 0 Å². The molecule has 1 aliphatic heterocycles. The Balaban J connectivity index is 1.86. The highest BCUT2D eigenvalue weighted by atomic mass is 16.5. The van der Waals surface area contributed by atoms with Crippen LogP contribution in [0.15, 0.2) is 22.9 Å². The Morgan fingerprint density at radius 2 is 2.13 bits per heavy atom. The number of carbonyl (C=O) groups excluding carboxylic acids is 1. The Hall–Kier alpha value is -2.17. The van der Waals surface area contributed by atoms with Gasteiger partial charge in [-0.2, -0.15) is 0 Å². The number of carbonyl (C=O) groups is 1. The molecule has 5 nitrogen and oxygen atoms in total. The third-order valence-corrected chi connectivity index (χ3v) is 4.48. The summed E-state index contributed by atoms with van der Waals surface area (Å²) in [5, 5.41) is 3.99. The van der Waals surface area contributed by atoms with Crippen LogP contribution in [0.2, 0.25) is 0 Å². The summed E-state index contributed by atoms with van der Waals surface area (Å²) in [6.07, 6.45) is 3.88. The second-order valence-corrected chi connectivity index (χ2v) is 6.52. The van der Waals surface area contributed by atoms with Crippen molar-refractivity contribution >= 4 is 5.91 Å².